The molecule has 0 aliphatic heterocycles. The molecule has 19 heavy (non-hydrogen) atoms. The molecule has 2 heterocycles. The first kappa shape index (κ1) is 10.7. The summed E-state index contributed by atoms with van der Waals surface area (Å²) in [4.78, 5) is 8.31. The zero-order chi connectivity index (χ0) is 12.7. The van der Waals surface area contributed by atoms with E-state index in [-0.39, 0.29) is 0 Å². The molecular formula is C14H15N5. The van der Waals surface area contributed by atoms with Gasteiger partial charge in [0.05, 0.1) is 11.9 Å². The Morgan fingerprint density at radius 1 is 1.32 bits per heavy atom. The van der Waals surface area contributed by atoms with Crippen LogP contribution in [-0.2, 0) is 0 Å². The monoisotopic (exact) mass is 253 g/mol. The van der Waals surface area contributed by atoms with E-state index in [2.05, 4.69) is 38.6 Å². The Kier molecular flexibility index (Phi) is 2.36. The second-order valence-corrected chi connectivity index (χ2v) is 5.23. The minimum atomic E-state index is 0.572. The lowest BCUT2D eigenvalue weighted by molar-refractivity contribution is 0.218. The van der Waals surface area contributed by atoms with Crippen molar-refractivity contribution in [3.63, 3.8) is 0 Å². The normalized spacial score (nSPS) is 27.9. The van der Waals surface area contributed by atoms with Crippen molar-refractivity contribution in [1.29, 1.82) is 0 Å². The van der Waals surface area contributed by atoms with E-state index in [4.69, 9.17) is 0 Å². The van der Waals surface area contributed by atoms with Gasteiger partial charge in [0.25, 0.3) is 0 Å². The Morgan fingerprint density at radius 2 is 2.32 bits per heavy atom. The van der Waals surface area contributed by atoms with Crippen LogP contribution in [0.5, 0.6) is 0 Å². The third-order valence-corrected chi connectivity index (χ3v) is 4.12. The molecule has 0 bridgehead atoms. The molecule has 2 aromatic rings. The average Bonchev–Trinajstić information content (AvgIpc) is 3.06. The molecule has 3 unspecified atom stereocenters. The number of rotatable bonds is 3. The molecular weight excluding hydrogens is 238 g/mol. The van der Waals surface area contributed by atoms with E-state index in [9.17, 15) is 0 Å². The van der Waals surface area contributed by atoms with Crippen LogP contribution in [0.15, 0.2) is 43.1 Å². The van der Waals surface area contributed by atoms with Crippen LogP contribution >= 0.6 is 0 Å². The summed E-state index contributed by atoms with van der Waals surface area (Å²) in [6, 6.07) is 4.58. The first-order chi connectivity index (χ1) is 9.40. The predicted octanol–water partition coefficient (Wildman–Crippen LogP) is 2.04. The fourth-order valence-electron chi connectivity index (χ4n) is 3.03. The molecule has 0 radical (unpaired) electrons. The Balaban J connectivity index is 1.46. The largest absolute Gasteiger partial charge is 0.380 e. The van der Waals surface area contributed by atoms with Gasteiger partial charge in [-0.2, -0.15) is 5.10 Å². The van der Waals surface area contributed by atoms with Gasteiger partial charge in [0.1, 0.15) is 12.7 Å². The molecule has 2 aliphatic carbocycles. The third kappa shape index (κ3) is 1.82. The average molecular weight is 253 g/mol. The number of aromatic nitrogens is 4. The summed E-state index contributed by atoms with van der Waals surface area (Å²) in [5.41, 5.74) is 1.08. The Morgan fingerprint density at radius 3 is 3.05 bits per heavy atom. The quantitative estimate of drug-likeness (QED) is 0.850. The third-order valence-electron chi connectivity index (χ3n) is 4.12. The van der Waals surface area contributed by atoms with Crippen molar-refractivity contribution in [2.45, 2.75) is 18.9 Å². The number of fused-ring (bicyclic) bond motifs is 1. The van der Waals surface area contributed by atoms with Crippen LogP contribution in [0, 0.1) is 11.8 Å². The fourth-order valence-corrected chi connectivity index (χ4v) is 3.03. The molecule has 0 spiro atoms. The van der Waals surface area contributed by atoms with Crippen LogP contribution in [0.2, 0.25) is 0 Å². The molecule has 2 aromatic heterocycles. The molecule has 0 saturated heterocycles. The van der Waals surface area contributed by atoms with Crippen molar-refractivity contribution in [3.05, 3.63) is 43.1 Å². The summed E-state index contributed by atoms with van der Waals surface area (Å²) in [5.74, 6) is 2.38. The van der Waals surface area contributed by atoms with E-state index in [1.54, 1.807) is 11.0 Å². The van der Waals surface area contributed by atoms with Gasteiger partial charge in [-0.15, -0.1) is 0 Å². The van der Waals surface area contributed by atoms with Crippen LogP contribution < -0.4 is 5.32 Å². The van der Waals surface area contributed by atoms with Gasteiger partial charge in [-0.25, -0.2) is 14.6 Å². The molecule has 5 heteroatoms. The second kappa shape index (κ2) is 4.19. The highest BCUT2D eigenvalue weighted by Gasteiger charge is 2.40. The van der Waals surface area contributed by atoms with E-state index in [0.717, 1.165) is 23.3 Å². The van der Waals surface area contributed by atoms with Gasteiger partial charge in [-0.05, 0) is 30.9 Å². The minimum Gasteiger partial charge on any atom is -0.380 e. The molecule has 0 amide bonds. The summed E-state index contributed by atoms with van der Waals surface area (Å²) in [7, 11) is 0. The van der Waals surface area contributed by atoms with Crippen molar-refractivity contribution >= 4 is 5.69 Å². The summed E-state index contributed by atoms with van der Waals surface area (Å²) < 4.78 is 1.66. The maximum absolute atomic E-state index is 4.40. The highest BCUT2D eigenvalue weighted by molar-refractivity contribution is 5.45. The van der Waals surface area contributed by atoms with Gasteiger partial charge in [-0.3, -0.25) is 0 Å². The number of hydrogen-bond acceptors (Lipinski definition) is 4. The minimum absolute atomic E-state index is 0.572. The Labute approximate surface area is 111 Å². The topological polar surface area (TPSA) is 55.6 Å². The van der Waals surface area contributed by atoms with Crippen molar-refractivity contribution in [2.24, 2.45) is 11.8 Å². The SMILES string of the molecule is C1=CC2C(C1)CC2Nc1ccc(-n2cncn2)nc1. The van der Waals surface area contributed by atoms with Crippen LogP contribution in [0.25, 0.3) is 5.82 Å². The van der Waals surface area contributed by atoms with Gasteiger partial charge in [0, 0.05) is 12.0 Å². The smallest absolute Gasteiger partial charge is 0.155 e. The van der Waals surface area contributed by atoms with Gasteiger partial charge >= 0.3 is 0 Å². The number of anilines is 1. The molecule has 1 saturated carbocycles. The summed E-state index contributed by atoms with van der Waals surface area (Å²) in [6.45, 7) is 0. The maximum Gasteiger partial charge on any atom is 0.155 e. The Bertz CT molecular complexity index is 587. The van der Waals surface area contributed by atoms with Crippen LogP contribution in [-0.4, -0.2) is 25.8 Å². The number of nitrogens with one attached hydrogen (secondary N) is 1. The summed E-state index contributed by atoms with van der Waals surface area (Å²) >= 11 is 0. The maximum atomic E-state index is 4.40. The zero-order valence-electron chi connectivity index (χ0n) is 10.5. The highest BCUT2D eigenvalue weighted by Crippen LogP contribution is 2.43. The van der Waals surface area contributed by atoms with Crippen molar-refractivity contribution in [2.75, 3.05) is 5.32 Å². The molecule has 4 rings (SSSR count). The van der Waals surface area contributed by atoms with Gasteiger partial charge in [0.2, 0.25) is 0 Å². The molecule has 3 atom stereocenters. The molecule has 1 fully saturated rings. The summed E-state index contributed by atoms with van der Waals surface area (Å²) in [6.07, 6.45) is 12.2. The number of pyridine rings is 1. The second-order valence-electron chi connectivity index (χ2n) is 5.23. The summed E-state index contributed by atoms with van der Waals surface area (Å²) in [5, 5.41) is 7.62. The molecule has 96 valence electrons. The lowest BCUT2D eigenvalue weighted by atomic mass is 9.71. The molecule has 2 aliphatic rings. The fraction of sp³-hybridized carbons (Fsp3) is 0.357. The van der Waals surface area contributed by atoms with Crippen LogP contribution in [0.4, 0.5) is 5.69 Å². The van der Waals surface area contributed by atoms with Crippen molar-refractivity contribution in [1.82, 2.24) is 19.7 Å². The lowest BCUT2D eigenvalue weighted by Gasteiger charge is -2.41. The molecule has 1 N–H and O–H groups in total. The standard InChI is InChI=1S/C14H15N5/c1-2-10-6-13(12(10)3-1)18-11-4-5-14(16-7-11)19-9-15-8-17-19/h1,3-5,7-10,12-13,18H,2,6H2. The number of hydrogen-bond donors (Lipinski definition) is 1. The zero-order valence-corrected chi connectivity index (χ0v) is 10.5. The van der Waals surface area contributed by atoms with Crippen molar-refractivity contribution in [3.8, 4) is 5.82 Å². The number of nitrogens with zero attached hydrogens (tertiary/aromatic N) is 4. The van der Waals surface area contributed by atoms with Gasteiger partial charge < -0.3 is 5.32 Å². The van der Waals surface area contributed by atoms with E-state index < -0.39 is 0 Å². The Hall–Kier alpha value is -2.17. The van der Waals surface area contributed by atoms with E-state index in [1.165, 1.54) is 19.2 Å². The van der Waals surface area contributed by atoms with Gasteiger partial charge in [0.15, 0.2) is 5.82 Å². The number of allylic oxidation sites excluding steroid dienone is 1. The highest BCUT2D eigenvalue weighted by atomic mass is 15.3. The first-order valence-electron chi connectivity index (χ1n) is 6.64. The van der Waals surface area contributed by atoms with Gasteiger partial charge in [-0.1, -0.05) is 12.2 Å². The van der Waals surface area contributed by atoms with Crippen LogP contribution in [0.3, 0.4) is 0 Å². The molecule has 5 nitrogen and oxygen atoms in total. The van der Waals surface area contributed by atoms with E-state index in [1.807, 2.05) is 12.3 Å². The predicted molar refractivity (Wildman–Crippen MR) is 71.9 cm³/mol. The van der Waals surface area contributed by atoms with Crippen LogP contribution in [0.1, 0.15) is 12.8 Å². The van der Waals surface area contributed by atoms with E-state index in [0.29, 0.717) is 6.04 Å². The first-order valence-corrected chi connectivity index (χ1v) is 6.64. The van der Waals surface area contributed by atoms with E-state index >= 15 is 0 Å². The molecule has 0 aromatic carbocycles. The van der Waals surface area contributed by atoms with Crippen molar-refractivity contribution < 1.29 is 0 Å². The lowest BCUT2D eigenvalue weighted by Crippen LogP contribution is -2.43.